The van der Waals surface area contributed by atoms with Crippen LogP contribution in [0.2, 0.25) is 0 Å². The highest BCUT2D eigenvalue weighted by molar-refractivity contribution is 5.94. The lowest BCUT2D eigenvalue weighted by atomic mass is 10.0. The summed E-state index contributed by atoms with van der Waals surface area (Å²) in [4.78, 5) is 11.1. The number of fused-ring (bicyclic) bond motifs is 1. The molecule has 0 aliphatic heterocycles. The van der Waals surface area contributed by atoms with Crippen LogP contribution < -0.4 is 4.74 Å². The van der Waals surface area contributed by atoms with Gasteiger partial charge in [-0.05, 0) is 53.9 Å². The van der Waals surface area contributed by atoms with Gasteiger partial charge in [0.05, 0.1) is 12.9 Å². The highest BCUT2D eigenvalue weighted by Gasteiger charge is 2.16. The minimum absolute atomic E-state index is 0.270. The number of furan rings is 1. The van der Waals surface area contributed by atoms with Gasteiger partial charge in [-0.25, -0.2) is 9.18 Å². The maximum Gasteiger partial charge on any atom is 0.333 e. The molecule has 0 unspecified atom stereocenters. The Kier molecular flexibility index (Phi) is 7.81. The molecule has 4 rings (SSSR count). The second-order valence-electron chi connectivity index (χ2n) is 8.03. The summed E-state index contributed by atoms with van der Waals surface area (Å²) in [7, 11) is 1.39. The molecule has 0 bridgehead atoms. The molecular weight excluding hydrogens is 447 g/mol. The van der Waals surface area contributed by atoms with Crippen molar-refractivity contribution in [3.8, 4) is 28.7 Å². The van der Waals surface area contributed by atoms with E-state index in [2.05, 4.69) is 11.8 Å². The zero-order chi connectivity index (χ0) is 24.6. The molecular formula is C29H25FO5. The Morgan fingerprint density at radius 2 is 1.86 bits per heavy atom. The van der Waals surface area contributed by atoms with Gasteiger partial charge >= 0.3 is 5.97 Å². The summed E-state index contributed by atoms with van der Waals surface area (Å²) in [6.07, 6.45) is 2.60. The number of halogens is 1. The van der Waals surface area contributed by atoms with Crippen molar-refractivity contribution in [2.45, 2.75) is 25.4 Å². The second-order valence-corrected chi connectivity index (χ2v) is 8.03. The number of rotatable bonds is 9. The molecule has 0 saturated heterocycles. The molecule has 178 valence electrons. The second kappa shape index (κ2) is 11.4. The van der Waals surface area contributed by atoms with Crippen LogP contribution in [0.3, 0.4) is 0 Å². The van der Waals surface area contributed by atoms with E-state index in [0.29, 0.717) is 25.0 Å². The SMILES string of the molecule is CO[C@@H](Cc1ccc(C#CCCCOc2ccc3c(-c4ccc(F)cc4)coc3c2)cc1)C(=O)O. The van der Waals surface area contributed by atoms with Crippen molar-refractivity contribution in [3.63, 3.8) is 0 Å². The number of hydrogen-bond acceptors (Lipinski definition) is 4. The zero-order valence-corrected chi connectivity index (χ0v) is 19.3. The van der Waals surface area contributed by atoms with E-state index in [4.69, 9.17) is 19.0 Å². The van der Waals surface area contributed by atoms with Gasteiger partial charge in [0.25, 0.3) is 0 Å². The first kappa shape index (κ1) is 24.1. The van der Waals surface area contributed by atoms with Gasteiger partial charge in [0.2, 0.25) is 0 Å². The van der Waals surface area contributed by atoms with Crippen LogP contribution in [-0.2, 0) is 16.0 Å². The highest BCUT2D eigenvalue weighted by Crippen LogP contribution is 2.32. The van der Waals surface area contributed by atoms with Crippen LogP contribution in [0.15, 0.2) is 77.4 Å². The number of benzene rings is 3. The summed E-state index contributed by atoms with van der Waals surface area (Å²) in [6, 6.07) is 19.5. The van der Waals surface area contributed by atoms with E-state index in [0.717, 1.165) is 39.8 Å². The van der Waals surface area contributed by atoms with E-state index in [9.17, 15) is 9.18 Å². The fourth-order valence-electron chi connectivity index (χ4n) is 3.68. The van der Waals surface area contributed by atoms with Gasteiger partial charge in [0.1, 0.15) is 17.1 Å². The molecule has 0 amide bonds. The maximum absolute atomic E-state index is 13.2. The number of hydrogen-bond donors (Lipinski definition) is 1. The normalized spacial score (nSPS) is 11.6. The van der Waals surface area contributed by atoms with Crippen LogP contribution in [-0.4, -0.2) is 30.9 Å². The van der Waals surface area contributed by atoms with E-state index in [1.807, 2.05) is 42.5 Å². The lowest BCUT2D eigenvalue weighted by Crippen LogP contribution is -2.24. The summed E-state index contributed by atoms with van der Waals surface area (Å²) in [5.74, 6) is 5.73. The topological polar surface area (TPSA) is 68.9 Å². The summed E-state index contributed by atoms with van der Waals surface area (Å²) in [5.41, 5.74) is 4.28. The Bertz CT molecular complexity index is 1340. The maximum atomic E-state index is 13.2. The molecule has 3 aromatic carbocycles. The monoisotopic (exact) mass is 472 g/mol. The molecule has 35 heavy (non-hydrogen) atoms. The molecule has 0 saturated carbocycles. The van der Waals surface area contributed by atoms with E-state index in [1.54, 1.807) is 18.4 Å². The number of aliphatic carboxylic acids is 1. The van der Waals surface area contributed by atoms with Gasteiger partial charge in [0.15, 0.2) is 6.10 Å². The van der Waals surface area contributed by atoms with Crippen molar-refractivity contribution in [2.24, 2.45) is 0 Å². The molecule has 0 aliphatic carbocycles. The summed E-state index contributed by atoms with van der Waals surface area (Å²) in [6.45, 7) is 0.526. The third kappa shape index (κ3) is 6.28. The zero-order valence-electron chi connectivity index (χ0n) is 19.3. The Labute approximate surface area is 203 Å². The predicted octanol–water partition coefficient (Wildman–Crippen LogP) is 6.09. The first-order chi connectivity index (χ1) is 17.0. The quantitative estimate of drug-likeness (QED) is 0.236. The summed E-state index contributed by atoms with van der Waals surface area (Å²) >= 11 is 0. The van der Waals surface area contributed by atoms with Gasteiger partial charge < -0.3 is 19.0 Å². The predicted molar refractivity (Wildman–Crippen MR) is 132 cm³/mol. The van der Waals surface area contributed by atoms with Crippen molar-refractivity contribution in [1.82, 2.24) is 0 Å². The van der Waals surface area contributed by atoms with Crippen molar-refractivity contribution in [1.29, 1.82) is 0 Å². The third-order valence-corrected chi connectivity index (χ3v) is 5.58. The van der Waals surface area contributed by atoms with E-state index < -0.39 is 12.1 Å². The minimum atomic E-state index is -0.975. The van der Waals surface area contributed by atoms with E-state index >= 15 is 0 Å². The lowest BCUT2D eigenvalue weighted by Gasteiger charge is -2.09. The van der Waals surface area contributed by atoms with Crippen LogP contribution in [0.5, 0.6) is 5.75 Å². The van der Waals surface area contributed by atoms with Crippen molar-refractivity contribution >= 4 is 16.9 Å². The number of carboxylic acids is 1. The Morgan fingerprint density at radius 3 is 2.57 bits per heavy atom. The lowest BCUT2D eigenvalue weighted by molar-refractivity contribution is -0.148. The number of ether oxygens (including phenoxy) is 2. The van der Waals surface area contributed by atoms with Crippen LogP contribution in [0.1, 0.15) is 24.0 Å². The third-order valence-electron chi connectivity index (χ3n) is 5.58. The molecule has 1 atom stereocenters. The van der Waals surface area contributed by atoms with Crippen molar-refractivity contribution in [2.75, 3.05) is 13.7 Å². The Hall–Kier alpha value is -4.08. The van der Waals surface area contributed by atoms with Crippen LogP contribution in [0.25, 0.3) is 22.1 Å². The largest absolute Gasteiger partial charge is 0.493 e. The van der Waals surface area contributed by atoms with Crippen LogP contribution >= 0.6 is 0 Å². The smallest absolute Gasteiger partial charge is 0.333 e. The summed E-state index contributed by atoms with van der Waals surface area (Å²) < 4.78 is 29.7. The van der Waals surface area contributed by atoms with Gasteiger partial charge in [0, 0.05) is 42.5 Å². The standard InChI is InChI=1S/C29H25FO5/c1-33-28(29(31)32)17-21-8-6-20(7-9-21)5-3-2-4-16-34-24-14-15-25-26(19-35-27(25)18-24)22-10-12-23(30)13-11-22/h6-15,18-19,28H,2,4,16-17H2,1H3,(H,31,32)/t28-/m0/s1. The molecule has 1 aromatic heterocycles. The molecule has 0 aliphatic rings. The van der Waals surface area contributed by atoms with Crippen molar-refractivity contribution < 1.29 is 28.2 Å². The van der Waals surface area contributed by atoms with Crippen molar-refractivity contribution in [3.05, 3.63) is 89.9 Å². The molecule has 0 fully saturated rings. The number of carbonyl (C=O) groups is 1. The van der Waals surface area contributed by atoms with Gasteiger partial charge in [-0.3, -0.25) is 0 Å². The molecule has 0 radical (unpaired) electrons. The van der Waals surface area contributed by atoms with Crippen LogP contribution in [0, 0.1) is 17.7 Å². The Morgan fingerprint density at radius 1 is 1.09 bits per heavy atom. The average molecular weight is 473 g/mol. The molecule has 4 aromatic rings. The number of methoxy groups -OCH3 is 1. The summed E-state index contributed by atoms with van der Waals surface area (Å²) in [5, 5.41) is 10.0. The van der Waals surface area contributed by atoms with E-state index in [1.165, 1.54) is 19.2 Å². The molecule has 0 spiro atoms. The molecule has 6 heteroatoms. The van der Waals surface area contributed by atoms with Gasteiger partial charge in [-0.15, -0.1) is 0 Å². The fraction of sp³-hybridized carbons (Fsp3) is 0.207. The van der Waals surface area contributed by atoms with Crippen LogP contribution in [0.4, 0.5) is 4.39 Å². The molecule has 1 heterocycles. The number of carboxylic acid groups (broad SMARTS) is 1. The van der Waals surface area contributed by atoms with E-state index in [-0.39, 0.29) is 5.82 Å². The highest BCUT2D eigenvalue weighted by atomic mass is 19.1. The molecule has 1 N–H and O–H groups in total. The number of unbranched alkanes of at least 4 members (excludes halogenated alkanes) is 1. The minimum Gasteiger partial charge on any atom is -0.493 e. The first-order valence-corrected chi connectivity index (χ1v) is 11.3. The van der Waals surface area contributed by atoms with Gasteiger partial charge in [-0.1, -0.05) is 36.1 Å². The first-order valence-electron chi connectivity index (χ1n) is 11.3. The molecule has 5 nitrogen and oxygen atoms in total. The average Bonchev–Trinajstić information content (AvgIpc) is 3.29. The van der Waals surface area contributed by atoms with Gasteiger partial charge in [-0.2, -0.15) is 0 Å². The fourth-order valence-corrected chi connectivity index (χ4v) is 3.68. The Balaban J connectivity index is 1.25.